The second kappa shape index (κ2) is 8.02. The molecule has 1 amide bonds. The Balaban J connectivity index is 1.57. The van der Waals surface area contributed by atoms with Crippen LogP contribution < -0.4 is 5.73 Å². The first-order valence-corrected chi connectivity index (χ1v) is 9.15. The molecule has 1 saturated heterocycles. The molecule has 0 unspecified atom stereocenters. The van der Waals surface area contributed by atoms with Crippen LogP contribution >= 0.6 is 0 Å². The Hall–Kier alpha value is -1.85. The molecular weight excluding hydrogens is 316 g/mol. The van der Waals surface area contributed by atoms with Gasteiger partial charge in [-0.25, -0.2) is 0 Å². The standard InChI is InChI=1S/C20H28N2O3/c1-14-10-18-16(13-25-19(18)11-15(14)2)12-20(23)22-7-4-17(5-8-22)24-9-3-6-21/h10-11,13,17H,3-9,12,21H2,1-2H3. The van der Waals surface area contributed by atoms with Gasteiger partial charge < -0.3 is 19.8 Å². The van der Waals surface area contributed by atoms with Gasteiger partial charge >= 0.3 is 0 Å². The number of aryl methyl sites for hydroxylation is 2. The summed E-state index contributed by atoms with van der Waals surface area (Å²) < 4.78 is 11.5. The van der Waals surface area contributed by atoms with Gasteiger partial charge in [0.25, 0.3) is 0 Å². The van der Waals surface area contributed by atoms with E-state index in [4.69, 9.17) is 14.9 Å². The van der Waals surface area contributed by atoms with E-state index in [9.17, 15) is 4.79 Å². The normalized spacial score (nSPS) is 15.9. The van der Waals surface area contributed by atoms with Crippen molar-refractivity contribution in [2.45, 2.75) is 45.6 Å². The van der Waals surface area contributed by atoms with E-state index in [0.29, 0.717) is 13.0 Å². The van der Waals surface area contributed by atoms with E-state index >= 15 is 0 Å². The number of benzene rings is 1. The minimum Gasteiger partial charge on any atom is -0.464 e. The summed E-state index contributed by atoms with van der Waals surface area (Å²) in [5, 5.41) is 1.05. The van der Waals surface area contributed by atoms with Gasteiger partial charge in [-0.1, -0.05) is 0 Å². The molecule has 2 N–H and O–H groups in total. The van der Waals surface area contributed by atoms with E-state index in [1.54, 1.807) is 6.26 Å². The van der Waals surface area contributed by atoms with Crippen LogP contribution in [0.2, 0.25) is 0 Å². The lowest BCUT2D eigenvalue weighted by atomic mass is 10.0. The zero-order valence-corrected chi connectivity index (χ0v) is 15.2. The van der Waals surface area contributed by atoms with Crippen molar-refractivity contribution in [1.29, 1.82) is 0 Å². The zero-order valence-electron chi connectivity index (χ0n) is 15.2. The Morgan fingerprint density at radius 1 is 1.28 bits per heavy atom. The van der Waals surface area contributed by atoms with Crippen LogP contribution in [0.15, 0.2) is 22.8 Å². The third-order valence-electron chi connectivity index (χ3n) is 5.11. The number of nitrogens with zero attached hydrogens (tertiary/aromatic N) is 1. The van der Waals surface area contributed by atoms with Gasteiger partial charge in [-0.05, 0) is 62.9 Å². The number of likely N-dealkylation sites (tertiary alicyclic amines) is 1. The number of carbonyl (C=O) groups excluding carboxylic acids is 1. The van der Waals surface area contributed by atoms with Crippen LogP contribution in [0.1, 0.15) is 36.0 Å². The minimum absolute atomic E-state index is 0.168. The predicted molar refractivity (Wildman–Crippen MR) is 98.6 cm³/mol. The largest absolute Gasteiger partial charge is 0.464 e. The quantitative estimate of drug-likeness (QED) is 0.818. The maximum absolute atomic E-state index is 12.7. The molecule has 1 aliphatic rings. The van der Waals surface area contributed by atoms with Gasteiger partial charge in [0.05, 0.1) is 18.8 Å². The lowest BCUT2D eigenvalue weighted by Crippen LogP contribution is -2.41. The summed E-state index contributed by atoms with van der Waals surface area (Å²) in [6, 6.07) is 4.16. The highest BCUT2D eigenvalue weighted by molar-refractivity contribution is 5.88. The first-order valence-electron chi connectivity index (χ1n) is 9.15. The molecule has 3 rings (SSSR count). The number of furan rings is 1. The SMILES string of the molecule is Cc1cc2occ(CC(=O)N3CCC(OCCCN)CC3)c2cc1C. The van der Waals surface area contributed by atoms with Gasteiger partial charge in [0.15, 0.2) is 0 Å². The molecule has 0 bridgehead atoms. The maximum atomic E-state index is 12.7. The van der Waals surface area contributed by atoms with E-state index < -0.39 is 0 Å². The predicted octanol–water partition coefficient (Wildman–Crippen LogP) is 2.95. The van der Waals surface area contributed by atoms with Crippen molar-refractivity contribution in [3.8, 4) is 0 Å². The Labute approximate surface area is 149 Å². The number of hydrogen-bond acceptors (Lipinski definition) is 4. The summed E-state index contributed by atoms with van der Waals surface area (Å²) in [6.45, 7) is 7.06. The fourth-order valence-corrected chi connectivity index (χ4v) is 3.35. The van der Waals surface area contributed by atoms with Crippen LogP contribution in [0.4, 0.5) is 0 Å². The average molecular weight is 344 g/mol. The van der Waals surface area contributed by atoms with Crippen molar-refractivity contribution in [3.63, 3.8) is 0 Å². The molecule has 1 aromatic heterocycles. The highest BCUT2D eigenvalue weighted by Gasteiger charge is 2.24. The van der Waals surface area contributed by atoms with Gasteiger partial charge in [0.2, 0.25) is 5.91 Å². The molecule has 0 spiro atoms. The number of fused-ring (bicyclic) bond motifs is 1. The van der Waals surface area contributed by atoms with Crippen molar-refractivity contribution in [2.24, 2.45) is 5.73 Å². The zero-order chi connectivity index (χ0) is 17.8. The smallest absolute Gasteiger partial charge is 0.227 e. The molecule has 136 valence electrons. The monoisotopic (exact) mass is 344 g/mol. The fraction of sp³-hybridized carbons (Fsp3) is 0.550. The molecule has 0 saturated carbocycles. The average Bonchev–Trinajstić information content (AvgIpc) is 2.98. The summed E-state index contributed by atoms with van der Waals surface area (Å²) in [4.78, 5) is 14.6. The van der Waals surface area contributed by atoms with Crippen LogP contribution in [-0.4, -0.2) is 43.2 Å². The Bertz CT molecular complexity index is 730. The highest BCUT2D eigenvalue weighted by Crippen LogP contribution is 2.26. The van der Waals surface area contributed by atoms with E-state index in [-0.39, 0.29) is 12.0 Å². The van der Waals surface area contributed by atoms with E-state index in [1.165, 1.54) is 11.1 Å². The highest BCUT2D eigenvalue weighted by atomic mass is 16.5. The molecule has 0 aliphatic carbocycles. The summed E-state index contributed by atoms with van der Waals surface area (Å²) in [5.74, 6) is 0.168. The Morgan fingerprint density at radius 3 is 2.72 bits per heavy atom. The molecule has 0 atom stereocenters. The van der Waals surface area contributed by atoms with Gasteiger partial charge in [-0.15, -0.1) is 0 Å². The van der Waals surface area contributed by atoms with Crippen molar-refractivity contribution < 1.29 is 13.9 Å². The first kappa shape index (κ1) is 18.0. The third-order valence-corrected chi connectivity index (χ3v) is 5.11. The molecule has 2 heterocycles. The number of rotatable bonds is 6. The summed E-state index contributed by atoms with van der Waals surface area (Å²) in [7, 11) is 0. The molecule has 2 aromatic rings. The fourth-order valence-electron chi connectivity index (χ4n) is 3.35. The van der Waals surface area contributed by atoms with Crippen LogP contribution in [0.5, 0.6) is 0 Å². The summed E-state index contributed by atoms with van der Waals surface area (Å²) >= 11 is 0. The Morgan fingerprint density at radius 2 is 2.00 bits per heavy atom. The molecule has 0 radical (unpaired) electrons. The van der Waals surface area contributed by atoms with Crippen molar-refractivity contribution >= 4 is 16.9 Å². The third kappa shape index (κ3) is 4.22. The molecule has 25 heavy (non-hydrogen) atoms. The molecule has 5 nitrogen and oxygen atoms in total. The first-order chi connectivity index (χ1) is 12.1. The number of ether oxygens (including phenoxy) is 1. The van der Waals surface area contributed by atoms with Gasteiger partial charge in [-0.2, -0.15) is 0 Å². The van der Waals surface area contributed by atoms with E-state index in [2.05, 4.69) is 19.9 Å². The van der Waals surface area contributed by atoms with Crippen LogP contribution in [0.25, 0.3) is 11.0 Å². The van der Waals surface area contributed by atoms with Crippen LogP contribution in [0.3, 0.4) is 0 Å². The molecular formula is C20H28N2O3. The molecule has 1 fully saturated rings. The Kier molecular flexibility index (Phi) is 5.76. The second-order valence-electron chi connectivity index (χ2n) is 6.96. The number of amides is 1. The topological polar surface area (TPSA) is 68.7 Å². The van der Waals surface area contributed by atoms with E-state index in [0.717, 1.165) is 55.5 Å². The van der Waals surface area contributed by atoms with Gasteiger partial charge in [-0.3, -0.25) is 4.79 Å². The lowest BCUT2D eigenvalue weighted by molar-refractivity contribution is -0.133. The molecule has 5 heteroatoms. The van der Waals surface area contributed by atoms with E-state index in [1.807, 2.05) is 11.0 Å². The maximum Gasteiger partial charge on any atom is 0.227 e. The second-order valence-corrected chi connectivity index (χ2v) is 6.96. The number of piperidine rings is 1. The summed E-state index contributed by atoms with van der Waals surface area (Å²) in [5.41, 5.74) is 9.75. The van der Waals surface area contributed by atoms with Crippen molar-refractivity contribution in [2.75, 3.05) is 26.2 Å². The molecule has 1 aliphatic heterocycles. The summed E-state index contributed by atoms with van der Waals surface area (Å²) in [6.07, 6.45) is 5.08. The van der Waals surface area contributed by atoms with Crippen LogP contribution in [0, 0.1) is 13.8 Å². The van der Waals surface area contributed by atoms with Gasteiger partial charge in [0, 0.05) is 30.6 Å². The van der Waals surface area contributed by atoms with Crippen molar-refractivity contribution in [3.05, 3.63) is 35.1 Å². The lowest BCUT2D eigenvalue weighted by Gasteiger charge is -2.32. The number of carbonyl (C=O) groups is 1. The van der Waals surface area contributed by atoms with Crippen molar-refractivity contribution in [1.82, 2.24) is 4.90 Å². The minimum atomic E-state index is 0.168. The van der Waals surface area contributed by atoms with Gasteiger partial charge in [0.1, 0.15) is 5.58 Å². The number of hydrogen-bond donors (Lipinski definition) is 1. The number of nitrogens with two attached hydrogens (primary N) is 1. The molecule has 1 aromatic carbocycles. The van der Waals surface area contributed by atoms with Crippen LogP contribution in [-0.2, 0) is 16.0 Å².